The van der Waals surface area contributed by atoms with Crippen LogP contribution in [0.2, 0.25) is 0 Å². The van der Waals surface area contributed by atoms with Crippen molar-refractivity contribution in [2.24, 2.45) is 0 Å². The van der Waals surface area contributed by atoms with Crippen LogP contribution in [0.25, 0.3) is 0 Å². The summed E-state index contributed by atoms with van der Waals surface area (Å²) in [5.74, 6) is 0.249. The number of para-hydroxylation sites is 2. The van der Waals surface area contributed by atoms with Crippen LogP contribution in [-0.2, 0) is 0 Å². The fourth-order valence-corrected chi connectivity index (χ4v) is 2.78. The van der Waals surface area contributed by atoms with E-state index in [1.165, 1.54) is 0 Å². The zero-order valence-corrected chi connectivity index (χ0v) is 15.4. The fourth-order valence-electron chi connectivity index (χ4n) is 2.78. The van der Waals surface area contributed by atoms with Gasteiger partial charge in [-0.3, -0.25) is 4.79 Å². The van der Waals surface area contributed by atoms with Crippen LogP contribution >= 0.6 is 0 Å². The van der Waals surface area contributed by atoms with E-state index in [1.807, 2.05) is 81.2 Å². The number of nitrogens with zero attached hydrogens (tertiary/aromatic N) is 3. The second-order valence-corrected chi connectivity index (χ2v) is 6.31. The predicted octanol–water partition coefficient (Wildman–Crippen LogP) is 4.42. The number of rotatable bonds is 4. The molecular formula is C21H22N4O. The lowest BCUT2D eigenvalue weighted by Crippen LogP contribution is -2.19. The molecule has 3 rings (SSSR count). The molecule has 0 atom stereocenters. The highest BCUT2D eigenvalue weighted by molar-refractivity contribution is 6.04. The van der Waals surface area contributed by atoms with E-state index < -0.39 is 0 Å². The SMILES string of the molecule is Cc1cc(C(=O)Nc2c(C)cccc2C)nc(N(C)c2ccccc2)n1. The summed E-state index contributed by atoms with van der Waals surface area (Å²) in [6.45, 7) is 5.81. The molecule has 0 aliphatic rings. The Kier molecular flexibility index (Phi) is 4.98. The van der Waals surface area contributed by atoms with Crippen molar-refractivity contribution in [3.8, 4) is 0 Å². The minimum absolute atomic E-state index is 0.240. The summed E-state index contributed by atoms with van der Waals surface area (Å²) in [7, 11) is 1.89. The van der Waals surface area contributed by atoms with Crippen LogP contribution in [0.4, 0.5) is 17.3 Å². The first-order valence-electron chi connectivity index (χ1n) is 8.48. The van der Waals surface area contributed by atoms with Crippen LogP contribution in [-0.4, -0.2) is 22.9 Å². The number of benzene rings is 2. The molecule has 0 saturated heterocycles. The van der Waals surface area contributed by atoms with Gasteiger partial charge in [0.05, 0.1) is 0 Å². The Morgan fingerprint density at radius 1 is 0.923 bits per heavy atom. The van der Waals surface area contributed by atoms with E-state index in [1.54, 1.807) is 6.07 Å². The highest BCUT2D eigenvalue weighted by Crippen LogP contribution is 2.22. The molecule has 2 aromatic carbocycles. The Bertz CT molecular complexity index is 918. The molecule has 1 amide bonds. The van der Waals surface area contributed by atoms with Crippen LogP contribution in [0.1, 0.15) is 27.3 Å². The van der Waals surface area contributed by atoms with Crippen LogP contribution < -0.4 is 10.2 Å². The van der Waals surface area contributed by atoms with Crippen LogP contribution in [0.3, 0.4) is 0 Å². The Morgan fingerprint density at radius 2 is 1.58 bits per heavy atom. The van der Waals surface area contributed by atoms with E-state index in [9.17, 15) is 4.79 Å². The van der Waals surface area contributed by atoms with Gasteiger partial charge in [0.2, 0.25) is 5.95 Å². The summed E-state index contributed by atoms with van der Waals surface area (Å²) in [5.41, 5.74) is 4.91. The summed E-state index contributed by atoms with van der Waals surface area (Å²) in [4.78, 5) is 23.6. The van der Waals surface area contributed by atoms with Gasteiger partial charge in [0.1, 0.15) is 5.69 Å². The number of hydrogen-bond donors (Lipinski definition) is 1. The monoisotopic (exact) mass is 346 g/mol. The normalized spacial score (nSPS) is 10.5. The van der Waals surface area contributed by atoms with E-state index in [2.05, 4.69) is 15.3 Å². The number of carbonyl (C=O) groups is 1. The molecule has 5 heteroatoms. The number of carbonyl (C=O) groups excluding carboxylic acids is 1. The van der Waals surface area contributed by atoms with E-state index in [0.717, 1.165) is 28.2 Å². The van der Waals surface area contributed by atoms with Crippen LogP contribution in [0.15, 0.2) is 54.6 Å². The number of amides is 1. The first-order valence-corrected chi connectivity index (χ1v) is 8.48. The summed E-state index contributed by atoms with van der Waals surface area (Å²) >= 11 is 0. The van der Waals surface area contributed by atoms with Gasteiger partial charge in [-0.1, -0.05) is 36.4 Å². The maximum atomic E-state index is 12.8. The zero-order chi connectivity index (χ0) is 18.7. The molecule has 3 aromatic rings. The van der Waals surface area contributed by atoms with Crippen molar-refractivity contribution in [1.82, 2.24) is 9.97 Å². The first-order chi connectivity index (χ1) is 12.5. The van der Waals surface area contributed by atoms with Gasteiger partial charge in [-0.15, -0.1) is 0 Å². The summed E-state index contributed by atoms with van der Waals surface area (Å²) < 4.78 is 0. The third kappa shape index (κ3) is 3.72. The van der Waals surface area contributed by atoms with Gasteiger partial charge < -0.3 is 10.2 Å². The third-order valence-electron chi connectivity index (χ3n) is 4.24. The summed E-state index contributed by atoms with van der Waals surface area (Å²) in [6, 6.07) is 17.4. The molecule has 0 fully saturated rings. The van der Waals surface area contributed by atoms with Gasteiger partial charge in [0.15, 0.2) is 0 Å². The summed E-state index contributed by atoms with van der Waals surface area (Å²) in [5, 5.41) is 2.98. The molecule has 1 N–H and O–H groups in total. The topological polar surface area (TPSA) is 58.1 Å². The minimum atomic E-state index is -0.240. The smallest absolute Gasteiger partial charge is 0.274 e. The van der Waals surface area contributed by atoms with Gasteiger partial charge >= 0.3 is 0 Å². The van der Waals surface area contributed by atoms with E-state index in [4.69, 9.17) is 0 Å². The van der Waals surface area contributed by atoms with Crippen molar-refractivity contribution in [2.75, 3.05) is 17.3 Å². The largest absolute Gasteiger partial charge is 0.320 e. The van der Waals surface area contributed by atoms with Crippen LogP contribution in [0.5, 0.6) is 0 Å². The minimum Gasteiger partial charge on any atom is -0.320 e. The molecule has 26 heavy (non-hydrogen) atoms. The molecule has 1 aromatic heterocycles. The molecule has 5 nitrogen and oxygen atoms in total. The Hall–Kier alpha value is -3.21. The maximum Gasteiger partial charge on any atom is 0.274 e. The van der Waals surface area contributed by atoms with Gasteiger partial charge in [-0.05, 0) is 50.1 Å². The average Bonchev–Trinajstić information content (AvgIpc) is 2.64. The van der Waals surface area contributed by atoms with Gasteiger partial charge in [0, 0.05) is 24.1 Å². The maximum absolute atomic E-state index is 12.8. The predicted molar refractivity (Wildman–Crippen MR) is 105 cm³/mol. The molecule has 0 saturated carbocycles. The van der Waals surface area contributed by atoms with Crippen LogP contribution in [0, 0.1) is 20.8 Å². The Labute approximate surface area is 153 Å². The second-order valence-electron chi connectivity index (χ2n) is 6.31. The van der Waals surface area contributed by atoms with E-state index in [-0.39, 0.29) is 5.91 Å². The van der Waals surface area contributed by atoms with Crippen molar-refractivity contribution >= 4 is 23.2 Å². The Balaban J connectivity index is 1.91. The molecule has 132 valence electrons. The Morgan fingerprint density at radius 3 is 2.23 bits per heavy atom. The lowest BCUT2D eigenvalue weighted by molar-refractivity contribution is 0.102. The third-order valence-corrected chi connectivity index (χ3v) is 4.24. The molecular weight excluding hydrogens is 324 g/mol. The highest BCUT2D eigenvalue weighted by atomic mass is 16.1. The number of aromatic nitrogens is 2. The van der Waals surface area contributed by atoms with Crippen molar-refractivity contribution in [2.45, 2.75) is 20.8 Å². The lowest BCUT2D eigenvalue weighted by Gasteiger charge is -2.18. The van der Waals surface area contributed by atoms with E-state index >= 15 is 0 Å². The molecule has 0 unspecified atom stereocenters. The van der Waals surface area contributed by atoms with E-state index in [0.29, 0.717) is 11.6 Å². The zero-order valence-electron chi connectivity index (χ0n) is 15.4. The van der Waals surface area contributed by atoms with Gasteiger partial charge in [0.25, 0.3) is 5.91 Å². The van der Waals surface area contributed by atoms with Crippen molar-refractivity contribution in [3.63, 3.8) is 0 Å². The average molecular weight is 346 g/mol. The van der Waals surface area contributed by atoms with Crippen molar-refractivity contribution in [3.05, 3.63) is 77.1 Å². The molecule has 1 heterocycles. The number of aryl methyl sites for hydroxylation is 3. The number of nitrogens with one attached hydrogen (secondary N) is 1. The fraction of sp³-hybridized carbons (Fsp3) is 0.190. The quantitative estimate of drug-likeness (QED) is 0.759. The number of hydrogen-bond acceptors (Lipinski definition) is 4. The molecule has 0 radical (unpaired) electrons. The van der Waals surface area contributed by atoms with Crippen molar-refractivity contribution < 1.29 is 4.79 Å². The molecule has 0 aliphatic heterocycles. The first kappa shape index (κ1) is 17.6. The standard InChI is InChI=1S/C21H22N4O/c1-14-9-8-10-15(2)19(14)24-20(26)18-13-16(3)22-21(23-18)25(4)17-11-6-5-7-12-17/h5-13H,1-4H3,(H,24,26). The highest BCUT2D eigenvalue weighted by Gasteiger charge is 2.15. The lowest BCUT2D eigenvalue weighted by atomic mass is 10.1. The summed E-state index contributed by atoms with van der Waals surface area (Å²) in [6.07, 6.45) is 0. The molecule has 0 spiro atoms. The van der Waals surface area contributed by atoms with Crippen molar-refractivity contribution in [1.29, 1.82) is 0 Å². The molecule has 0 bridgehead atoms. The number of anilines is 3. The van der Waals surface area contributed by atoms with Gasteiger partial charge in [-0.25, -0.2) is 9.97 Å². The van der Waals surface area contributed by atoms with Gasteiger partial charge in [-0.2, -0.15) is 0 Å². The second kappa shape index (κ2) is 7.35. The molecule has 0 aliphatic carbocycles.